The molecular weight excluding hydrogens is 216 g/mol. The molecule has 1 heterocycles. The lowest BCUT2D eigenvalue weighted by Crippen LogP contribution is -2.01. The second kappa shape index (κ2) is 4.33. The predicted octanol–water partition coefficient (Wildman–Crippen LogP) is 2.46. The van der Waals surface area contributed by atoms with E-state index in [2.05, 4.69) is 9.97 Å². The van der Waals surface area contributed by atoms with Crippen LogP contribution in [-0.4, -0.2) is 21.0 Å². The first-order valence-electron chi connectivity index (χ1n) is 5.22. The van der Waals surface area contributed by atoms with Crippen LogP contribution in [0.3, 0.4) is 0 Å². The number of aromatic carboxylic acids is 1. The number of benzene rings is 1. The Morgan fingerprint density at radius 3 is 2.65 bits per heavy atom. The lowest BCUT2D eigenvalue weighted by atomic mass is 10.0. The van der Waals surface area contributed by atoms with Crippen molar-refractivity contribution in [3.05, 3.63) is 47.4 Å². The van der Waals surface area contributed by atoms with Gasteiger partial charge in [0.2, 0.25) is 0 Å². The fourth-order valence-corrected chi connectivity index (χ4v) is 1.66. The molecule has 0 saturated heterocycles. The monoisotopic (exact) mass is 228 g/mol. The molecule has 1 aromatic heterocycles. The van der Waals surface area contributed by atoms with Gasteiger partial charge in [0.1, 0.15) is 5.82 Å². The van der Waals surface area contributed by atoms with Gasteiger partial charge in [-0.2, -0.15) is 0 Å². The van der Waals surface area contributed by atoms with E-state index in [4.69, 9.17) is 0 Å². The zero-order chi connectivity index (χ0) is 12.4. The zero-order valence-corrected chi connectivity index (χ0v) is 9.64. The molecule has 0 fully saturated rings. The topological polar surface area (TPSA) is 63.1 Å². The molecule has 4 nitrogen and oxygen atoms in total. The first-order valence-corrected chi connectivity index (χ1v) is 5.22. The lowest BCUT2D eigenvalue weighted by Gasteiger charge is -2.06. The van der Waals surface area contributed by atoms with E-state index < -0.39 is 5.97 Å². The summed E-state index contributed by atoms with van der Waals surface area (Å²) in [5.74, 6) is -0.320. The molecule has 0 unspecified atom stereocenters. The van der Waals surface area contributed by atoms with Crippen LogP contribution in [0.5, 0.6) is 0 Å². The molecule has 86 valence electrons. The maximum atomic E-state index is 11.2. The second-order valence-electron chi connectivity index (χ2n) is 3.84. The SMILES string of the molecule is Cc1ccc(-c2ccnc(C)n2)c(C(=O)O)c1. The van der Waals surface area contributed by atoms with Crippen LogP contribution in [0.15, 0.2) is 30.5 Å². The number of carboxylic acid groups (broad SMARTS) is 1. The molecule has 0 atom stereocenters. The maximum Gasteiger partial charge on any atom is 0.336 e. The van der Waals surface area contributed by atoms with Gasteiger partial charge in [-0.15, -0.1) is 0 Å². The number of carboxylic acids is 1. The van der Waals surface area contributed by atoms with E-state index in [1.54, 1.807) is 31.3 Å². The molecule has 0 amide bonds. The maximum absolute atomic E-state index is 11.2. The van der Waals surface area contributed by atoms with Crippen molar-refractivity contribution in [3.63, 3.8) is 0 Å². The number of aryl methyl sites for hydroxylation is 2. The molecule has 0 radical (unpaired) electrons. The molecule has 0 aliphatic carbocycles. The van der Waals surface area contributed by atoms with Crippen molar-refractivity contribution in [2.45, 2.75) is 13.8 Å². The minimum atomic E-state index is -0.944. The number of rotatable bonds is 2. The third kappa shape index (κ3) is 2.30. The zero-order valence-electron chi connectivity index (χ0n) is 9.64. The Labute approximate surface area is 99.0 Å². The summed E-state index contributed by atoms with van der Waals surface area (Å²) in [5, 5.41) is 9.18. The van der Waals surface area contributed by atoms with Gasteiger partial charge in [-0.25, -0.2) is 14.8 Å². The van der Waals surface area contributed by atoms with Crippen molar-refractivity contribution in [1.82, 2.24) is 9.97 Å². The Morgan fingerprint density at radius 1 is 1.24 bits per heavy atom. The Balaban J connectivity index is 2.63. The first kappa shape index (κ1) is 11.3. The van der Waals surface area contributed by atoms with E-state index in [-0.39, 0.29) is 5.56 Å². The Morgan fingerprint density at radius 2 is 2.00 bits per heavy atom. The van der Waals surface area contributed by atoms with Crippen LogP contribution in [0.1, 0.15) is 21.7 Å². The molecule has 0 aliphatic rings. The third-order valence-corrected chi connectivity index (χ3v) is 2.46. The summed E-state index contributed by atoms with van der Waals surface area (Å²) in [6.07, 6.45) is 1.63. The van der Waals surface area contributed by atoms with Crippen LogP contribution < -0.4 is 0 Å². The van der Waals surface area contributed by atoms with Crippen LogP contribution in [0, 0.1) is 13.8 Å². The van der Waals surface area contributed by atoms with Crippen molar-refractivity contribution < 1.29 is 9.90 Å². The third-order valence-electron chi connectivity index (χ3n) is 2.46. The van der Waals surface area contributed by atoms with Gasteiger partial charge in [-0.3, -0.25) is 0 Å². The highest BCUT2D eigenvalue weighted by Gasteiger charge is 2.12. The van der Waals surface area contributed by atoms with Gasteiger partial charge in [0.25, 0.3) is 0 Å². The minimum absolute atomic E-state index is 0.267. The summed E-state index contributed by atoms with van der Waals surface area (Å²) in [7, 11) is 0. The number of aromatic nitrogens is 2. The fourth-order valence-electron chi connectivity index (χ4n) is 1.66. The second-order valence-corrected chi connectivity index (χ2v) is 3.84. The van der Waals surface area contributed by atoms with Crippen LogP contribution in [0.4, 0.5) is 0 Å². The standard InChI is InChI=1S/C13H12N2O2/c1-8-3-4-10(11(7-8)13(16)17)12-5-6-14-9(2)15-12/h3-7H,1-2H3,(H,16,17). The molecule has 0 aliphatic heterocycles. The average molecular weight is 228 g/mol. The molecule has 17 heavy (non-hydrogen) atoms. The summed E-state index contributed by atoms with van der Waals surface area (Å²) >= 11 is 0. The number of carbonyl (C=O) groups is 1. The summed E-state index contributed by atoms with van der Waals surface area (Å²) in [6.45, 7) is 3.64. The van der Waals surface area contributed by atoms with Crippen LogP contribution >= 0.6 is 0 Å². The normalized spacial score (nSPS) is 10.2. The van der Waals surface area contributed by atoms with Crippen molar-refractivity contribution in [1.29, 1.82) is 0 Å². The highest BCUT2D eigenvalue weighted by Crippen LogP contribution is 2.22. The van der Waals surface area contributed by atoms with Crippen molar-refractivity contribution in [2.75, 3.05) is 0 Å². The van der Waals surface area contributed by atoms with E-state index >= 15 is 0 Å². The fraction of sp³-hybridized carbons (Fsp3) is 0.154. The molecule has 4 heteroatoms. The van der Waals surface area contributed by atoms with Gasteiger partial charge in [0.05, 0.1) is 11.3 Å². The molecular formula is C13H12N2O2. The quantitative estimate of drug-likeness (QED) is 0.857. The molecule has 1 aromatic carbocycles. The van der Waals surface area contributed by atoms with Crippen LogP contribution in [0.25, 0.3) is 11.3 Å². The summed E-state index contributed by atoms with van der Waals surface area (Å²) in [6, 6.07) is 7.01. The molecule has 0 spiro atoms. The van der Waals surface area contributed by atoms with Gasteiger partial charge < -0.3 is 5.11 Å². The smallest absolute Gasteiger partial charge is 0.336 e. The van der Waals surface area contributed by atoms with E-state index in [1.807, 2.05) is 13.0 Å². The number of hydrogen-bond donors (Lipinski definition) is 1. The highest BCUT2D eigenvalue weighted by atomic mass is 16.4. The first-order chi connectivity index (χ1) is 8.08. The van der Waals surface area contributed by atoms with Gasteiger partial charge in [-0.05, 0) is 26.0 Å². The highest BCUT2D eigenvalue weighted by molar-refractivity contribution is 5.95. The van der Waals surface area contributed by atoms with Gasteiger partial charge in [-0.1, -0.05) is 17.7 Å². The van der Waals surface area contributed by atoms with E-state index in [9.17, 15) is 9.90 Å². The molecule has 2 rings (SSSR count). The minimum Gasteiger partial charge on any atom is -0.478 e. The Bertz CT molecular complexity index is 579. The van der Waals surface area contributed by atoms with Crippen molar-refractivity contribution in [3.8, 4) is 11.3 Å². The van der Waals surface area contributed by atoms with Gasteiger partial charge in [0, 0.05) is 11.8 Å². The largest absolute Gasteiger partial charge is 0.478 e. The predicted molar refractivity (Wildman–Crippen MR) is 63.9 cm³/mol. The summed E-state index contributed by atoms with van der Waals surface area (Å²) in [4.78, 5) is 19.4. The number of nitrogens with zero attached hydrogens (tertiary/aromatic N) is 2. The van der Waals surface area contributed by atoms with E-state index in [1.165, 1.54) is 0 Å². The van der Waals surface area contributed by atoms with E-state index in [0.29, 0.717) is 17.1 Å². The molecule has 0 saturated carbocycles. The lowest BCUT2D eigenvalue weighted by molar-refractivity contribution is 0.0697. The van der Waals surface area contributed by atoms with E-state index in [0.717, 1.165) is 5.56 Å². The molecule has 0 bridgehead atoms. The summed E-state index contributed by atoms with van der Waals surface area (Å²) < 4.78 is 0. The summed E-state index contributed by atoms with van der Waals surface area (Å²) in [5.41, 5.74) is 2.43. The molecule has 2 aromatic rings. The van der Waals surface area contributed by atoms with Crippen LogP contribution in [-0.2, 0) is 0 Å². The van der Waals surface area contributed by atoms with Crippen LogP contribution in [0.2, 0.25) is 0 Å². The van der Waals surface area contributed by atoms with Gasteiger partial charge in [0.15, 0.2) is 0 Å². The number of hydrogen-bond acceptors (Lipinski definition) is 3. The Hall–Kier alpha value is -2.23. The van der Waals surface area contributed by atoms with Crippen molar-refractivity contribution >= 4 is 5.97 Å². The average Bonchev–Trinajstić information content (AvgIpc) is 2.28. The van der Waals surface area contributed by atoms with Gasteiger partial charge >= 0.3 is 5.97 Å². The Kier molecular flexibility index (Phi) is 2.87. The van der Waals surface area contributed by atoms with Crippen molar-refractivity contribution in [2.24, 2.45) is 0 Å². The molecule has 1 N–H and O–H groups in total.